The number of rotatable bonds is 3. The largest absolute Gasteiger partial charge is 0.378 e. The van der Waals surface area contributed by atoms with Crippen molar-refractivity contribution in [2.45, 2.75) is 0 Å². The van der Waals surface area contributed by atoms with Crippen molar-refractivity contribution >= 4 is 27.7 Å². The number of nitrogens with zero attached hydrogens (tertiary/aromatic N) is 4. The maximum absolute atomic E-state index is 12.2. The molecular weight excluding hydrogens is 336 g/mol. The van der Waals surface area contributed by atoms with Crippen molar-refractivity contribution in [1.29, 1.82) is 15.8 Å². The van der Waals surface area contributed by atoms with Crippen molar-refractivity contribution in [3.63, 3.8) is 0 Å². The first-order valence-electron chi connectivity index (χ1n) is 7.05. The van der Waals surface area contributed by atoms with Crippen molar-refractivity contribution < 1.29 is 9.00 Å². The SMILES string of the molecule is CN(C)c1ccc(/C=C/C2=C(C#N)C(=C(C#N)C#N)S(=O)C2=O)cc1. The molecule has 1 aliphatic rings. The number of hydrogen-bond acceptors (Lipinski definition) is 6. The molecule has 0 saturated carbocycles. The van der Waals surface area contributed by atoms with E-state index in [0.717, 1.165) is 11.3 Å². The van der Waals surface area contributed by atoms with E-state index in [1.54, 1.807) is 24.3 Å². The Labute approximate surface area is 147 Å². The molecule has 7 heteroatoms. The maximum Gasteiger partial charge on any atom is 0.255 e. The lowest BCUT2D eigenvalue weighted by atomic mass is 10.1. The predicted octanol–water partition coefficient (Wildman–Crippen LogP) is 2.18. The third-order valence-electron chi connectivity index (χ3n) is 3.48. The van der Waals surface area contributed by atoms with Crippen LogP contribution < -0.4 is 4.90 Å². The zero-order valence-corrected chi connectivity index (χ0v) is 14.3. The first kappa shape index (κ1) is 17.9. The molecule has 1 unspecified atom stereocenters. The van der Waals surface area contributed by atoms with Gasteiger partial charge in [-0.1, -0.05) is 18.2 Å². The van der Waals surface area contributed by atoms with Crippen LogP contribution in [0.3, 0.4) is 0 Å². The van der Waals surface area contributed by atoms with Crippen LogP contribution in [0.4, 0.5) is 5.69 Å². The average molecular weight is 348 g/mol. The molecule has 1 atom stereocenters. The quantitative estimate of drug-likeness (QED) is 0.775. The normalized spacial score (nSPS) is 16.5. The zero-order valence-electron chi connectivity index (χ0n) is 13.5. The van der Waals surface area contributed by atoms with Crippen molar-refractivity contribution in [3.8, 4) is 18.2 Å². The van der Waals surface area contributed by atoms with Gasteiger partial charge in [-0.15, -0.1) is 0 Å². The minimum Gasteiger partial charge on any atom is -0.378 e. The second kappa shape index (κ2) is 7.40. The minimum absolute atomic E-state index is 0.0597. The summed E-state index contributed by atoms with van der Waals surface area (Å²) in [5, 5.41) is 26.4. The molecule has 0 N–H and O–H groups in total. The fourth-order valence-electron chi connectivity index (χ4n) is 2.18. The summed E-state index contributed by atoms with van der Waals surface area (Å²) in [5.74, 6) is 0. The Morgan fingerprint density at radius 2 is 1.68 bits per heavy atom. The third-order valence-corrected chi connectivity index (χ3v) is 4.82. The monoisotopic (exact) mass is 348 g/mol. The Bertz CT molecular complexity index is 962. The molecule has 122 valence electrons. The van der Waals surface area contributed by atoms with Gasteiger partial charge in [0.05, 0.1) is 16.1 Å². The third kappa shape index (κ3) is 3.40. The summed E-state index contributed by atoms with van der Waals surface area (Å²) in [5.41, 5.74) is 1.05. The van der Waals surface area contributed by atoms with Gasteiger partial charge < -0.3 is 4.90 Å². The van der Waals surface area contributed by atoms with Crippen molar-refractivity contribution in [1.82, 2.24) is 0 Å². The Hall–Kier alpha value is -3.47. The smallest absolute Gasteiger partial charge is 0.255 e. The van der Waals surface area contributed by atoms with E-state index in [-0.39, 0.29) is 16.1 Å². The first-order valence-corrected chi connectivity index (χ1v) is 8.20. The van der Waals surface area contributed by atoms with Crippen LogP contribution in [0.15, 0.2) is 52.0 Å². The molecule has 0 spiro atoms. The second-order valence-electron chi connectivity index (χ2n) is 5.20. The van der Waals surface area contributed by atoms with Crippen LogP contribution in [0.1, 0.15) is 5.56 Å². The van der Waals surface area contributed by atoms with Crippen molar-refractivity contribution in [2.24, 2.45) is 0 Å². The highest BCUT2D eigenvalue weighted by Crippen LogP contribution is 2.32. The van der Waals surface area contributed by atoms with Crippen LogP contribution >= 0.6 is 0 Å². The molecule has 1 heterocycles. The van der Waals surface area contributed by atoms with Gasteiger partial charge in [0.15, 0.2) is 0 Å². The van der Waals surface area contributed by atoms with Crippen LogP contribution in [-0.4, -0.2) is 23.4 Å². The van der Waals surface area contributed by atoms with Gasteiger partial charge in [-0.25, -0.2) is 4.21 Å². The first-order chi connectivity index (χ1) is 11.9. The molecule has 0 aromatic heterocycles. The Balaban J connectivity index is 2.48. The van der Waals surface area contributed by atoms with Gasteiger partial charge in [-0.3, -0.25) is 4.79 Å². The fraction of sp³-hybridized carbons (Fsp3) is 0.111. The number of benzene rings is 1. The van der Waals surface area contributed by atoms with Crippen LogP contribution in [0.5, 0.6) is 0 Å². The topological polar surface area (TPSA) is 109 Å². The Morgan fingerprint density at radius 1 is 1.08 bits per heavy atom. The molecular formula is C18H12N4O2S. The molecule has 2 rings (SSSR count). The molecule has 0 bridgehead atoms. The van der Waals surface area contributed by atoms with Crippen LogP contribution in [-0.2, 0) is 15.6 Å². The van der Waals surface area contributed by atoms with E-state index in [4.69, 9.17) is 10.5 Å². The number of hydrogen-bond donors (Lipinski definition) is 0. The molecule has 25 heavy (non-hydrogen) atoms. The van der Waals surface area contributed by atoms with Crippen molar-refractivity contribution in [2.75, 3.05) is 19.0 Å². The Morgan fingerprint density at radius 3 is 2.16 bits per heavy atom. The Kier molecular flexibility index (Phi) is 5.29. The summed E-state index contributed by atoms with van der Waals surface area (Å²) in [7, 11) is 1.61. The second-order valence-corrected chi connectivity index (χ2v) is 6.52. The number of nitriles is 3. The van der Waals surface area contributed by atoms with E-state index in [0.29, 0.717) is 0 Å². The van der Waals surface area contributed by atoms with Gasteiger partial charge in [0.2, 0.25) is 0 Å². The molecule has 0 saturated heterocycles. The minimum atomic E-state index is -2.22. The summed E-state index contributed by atoms with van der Waals surface area (Å²) >= 11 is 0. The highest BCUT2D eigenvalue weighted by Gasteiger charge is 2.36. The summed E-state index contributed by atoms with van der Waals surface area (Å²) in [6.45, 7) is 0. The number of anilines is 1. The summed E-state index contributed by atoms with van der Waals surface area (Å²) < 4.78 is 12.1. The van der Waals surface area contributed by atoms with Gasteiger partial charge in [0, 0.05) is 19.8 Å². The molecule has 0 aliphatic carbocycles. The molecule has 1 aliphatic heterocycles. The van der Waals surface area contributed by atoms with Crippen molar-refractivity contribution in [3.05, 3.63) is 57.5 Å². The van der Waals surface area contributed by atoms with Gasteiger partial charge >= 0.3 is 0 Å². The van der Waals surface area contributed by atoms with E-state index in [9.17, 15) is 14.3 Å². The van der Waals surface area contributed by atoms with Gasteiger partial charge in [-0.2, -0.15) is 15.8 Å². The van der Waals surface area contributed by atoms with Gasteiger partial charge in [0.1, 0.15) is 34.6 Å². The molecule has 0 radical (unpaired) electrons. The zero-order chi connectivity index (χ0) is 18.6. The molecule has 0 amide bonds. The molecule has 1 aromatic carbocycles. The van der Waals surface area contributed by atoms with Crippen LogP contribution in [0, 0.1) is 34.0 Å². The van der Waals surface area contributed by atoms with Crippen LogP contribution in [0.2, 0.25) is 0 Å². The van der Waals surface area contributed by atoms with E-state index in [2.05, 4.69) is 0 Å². The average Bonchev–Trinajstić information content (AvgIpc) is 2.86. The standard InChI is InChI=1S/C18H12N4O2S/c1-22(2)14-6-3-12(4-7-14)5-8-15-16(11-21)17(13(9-19)10-20)25(24)18(15)23/h3-8H,1-2H3/b8-5+. The van der Waals surface area contributed by atoms with E-state index >= 15 is 0 Å². The number of carbonyl (C=O) groups excluding carboxylic acids is 1. The number of carbonyl (C=O) groups is 1. The van der Waals surface area contributed by atoms with E-state index in [1.165, 1.54) is 6.08 Å². The highest BCUT2D eigenvalue weighted by atomic mass is 32.2. The summed E-state index contributed by atoms with van der Waals surface area (Å²) in [6.07, 6.45) is 3.01. The lowest BCUT2D eigenvalue weighted by Crippen LogP contribution is -2.07. The van der Waals surface area contributed by atoms with E-state index < -0.39 is 21.5 Å². The van der Waals surface area contributed by atoms with Crippen LogP contribution in [0.25, 0.3) is 6.08 Å². The fourth-order valence-corrected chi connectivity index (χ4v) is 3.35. The summed E-state index contributed by atoms with van der Waals surface area (Å²) in [4.78, 5) is 13.8. The summed E-state index contributed by atoms with van der Waals surface area (Å²) in [6, 6.07) is 12.4. The lowest BCUT2D eigenvalue weighted by molar-refractivity contribution is -0.107. The van der Waals surface area contributed by atoms with Gasteiger partial charge in [0.25, 0.3) is 5.12 Å². The number of allylic oxidation sites excluding steroid dienone is 3. The maximum atomic E-state index is 12.2. The van der Waals surface area contributed by atoms with E-state index in [1.807, 2.05) is 43.3 Å². The molecule has 0 fully saturated rings. The lowest BCUT2D eigenvalue weighted by Gasteiger charge is -2.11. The van der Waals surface area contributed by atoms with Gasteiger partial charge in [-0.05, 0) is 23.8 Å². The predicted molar refractivity (Wildman–Crippen MR) is 93.8 cm³/mol. The highest BCUT2D eigenvalue weighted by molar-refractivity contribution is 8.05. The molecule has 1 aromatic rings. The molecule has 6 nitrogen and oxygen atoms in total.